The first-order valence-corrected chi connectivity index (χ1v) is 8.27. The molecule has 1 atom stereocenters. The predicted molar refractivity (Wildman–Crippen MR) is 87.5 cm³/mol. The van der Waals surface area contributed by atoms with Crippen LogP contribution in [-0.2, 0) is 20.9 Å². The van der Waals surface area contributed by atoms with Gasteiger partial charge in [0.05, 0.1) is 12.0 Å². The molecular formula is C15H19N3O5S. The Morgan fingerprint density at radius 3 is 2.79 bits per heavy atom. The van der Waals surface area contributed by atoms with Crippen molar-refractivity contribution >= 4 is 23.2 Å². The molecule has 0 aliphatic rings. The molecule has 2 rings (SSSR count). The molecule has 0 fully saturated rings. The lowest BCUT2D eigenvalue weighted by molar-refractivity contribution is -0.145. The zero-order chi connectivity index (χ0) is 17.7. The molecule has 1 N–H and O–H groups in total. The van der Waals surface area contributed by atoms with E-state index in [0.29, 0.717) is 11.3 Å². The second-order valence-electron chi connectivity index (χ2n) is 5.58. The van der Waals surface area contributed by atoms with Gasteiger partial charge >= 0.3 is 11.7 Å². The van der Waals surface area contributed by atoms with Gasteiger partial charge in [-0.25, -0.2) is 9.59 Å². The fraction of sp³-hybridized carbons (Fsp3) is 0.467. The third-order valence-electron chi connectivity index (χ3n) is 3.16. The van der Waals surface area contributed by atoms with Crippen LogP contribution in [0.2, 0.25) is 0 Å². The Balaban J connectivity index is 2.06. The lowest BCUT2D eigenvalue weighted by Gasteiger charge is -2.18. The Morgan fingerprint density at radius 2 is 2.21 bits per heavy atom. The molecule has 1 amide bonds. The number of thiophene rings is 1. The summed E-state index contributed by atoms with van der Waals surface area (Å²) in [7, 11) is 1.26. The normalized spacial score (nSPS) is 12.2. The van der Waals surface area contributed by atoms with Crippen LogP contribution in [0.15, 0.2) is 26.7 Å². The first-order valence-electron chi connectivity index (χ1n) is 7.39. The van der Waals surface area contributed by atoms with E-state index in [4.69, 9.17) is 4.42 Å². The zero-order valence-corrected chi connectivity index (χ0v) is 14.5. The van der Waals surface area contributed by atoms with Gasteiger partial charge < -0.3 is 14.5 Å². The van der Waals surface area contributed by atoms with Crippen LogP contribution in [0.25, 0.3) is 10.8 Å². The van der Waals surface area contributed by atoms with E-state index < -0.39 is 23.7 Å². The molecule has 0 spiro atoms. The molecule has 0 radical (unpaired) electrons. The highest BCUT2D eigenvalue weighted by Crippen LogP contribution is 2.20. The predicted octanol–water partition coefficient (Wildman–Crippen LogP) is 1.27. The van der Waals surface area contributed by atoms with Crippen LogP contribution in [0.4, 0.5) is 0 Å². The van der Waals surface area contributed by atoms with E-state index in [1.165, 1.54) is 18.4 Å². The van der Waals surface area contributed by atoms with E-state index >= 15 is 0 Å². The molecule has 0 unspecified atom stereocenters. The van der Waals surface area contributed by atoms with Crippen molar-refractivity contribution < 1.29 is 18.7 Å². The molecule has 0 aliphatic heterocycles. The summed E-state index contributed by atoms with van der Waals surface area (Å²) in [6.45, 7) is 3.52. The molecule has 2 aromatic heterocycles. The van der Waals surface area contributed by atoms with Crippen LogP contribution in [-0.4, -0.2) is 34.8 Å². The molecule has 0 bridgehead atoms. The van der Waals surface area contributed by atoms with Crippen molar-refractivity contribution in [3.63, 3.8) is 0 Å². The van der Waals surface area contributed by atoms with E-state index in [2.05, 4.69) is 15.2 Å². The molecule has 0 saturated carbocycles. The molecule has 130 valence electrons. The molecule has 2 aromatic rings. The topological polar surface area (TPSA) is 103 Å². The van der Waals surface area contributed by atoms with Crippen LogP contribution in [0.1, 0.15) is 20.3 Å². The number of carbonyl (C=O) groups is 2. The summed E-state index contributed by atoms with van der Waals surface area (Å²) >= 11 is 1.37. The van der Waals surface area contributed by atoms with Crippen LogP contribution in [0.5, 0.6) is 0 Å². The highest BCUT2D eigenvalue weighted by Gasteiger charge is 2.23. The van der Waals surface area contributed by atoms with Gasteiger partial charge in [-0.1, -0.05) is 19.9 Å². The quantitative estimate of drug-likeness (QED) is 0.752. The van der Waals surface area contributed by atoms with E-state index in [1.807, 2.05) is 19.2 Å². The lowest BCUT2D eigenvalue weighted by atomic mass is 10.0. The average Bonchev–Trinajstić information content (AvgIpc) is 3.15. The third-order valence-corrected chi connectivity index (χ3v) is 4.02. The summed E-state index contributed by atoms with van der Waals surface area (Å²) in [4.78, 5) is 36.3. The summed E-state index contributed by atoms with van der Waals surface area (Å²) in [6.07, 6.45) is 0.437. The minimum Gasteiger partial charge on any atom is -0.467 e. The molecule has 9 heteroatoms. The smallest absolute Gasteiger partial charge is 0.437 e. The van der Waals surface area contributed by atoms with Crippen molar-refractivity contribution in [2.45, 2.75) is 32.9 Å². The molecule has 24 heavy (non-hydrogen) atoms. The summed E-state index contributed by atoms with van der Waals surface area (Å²) in [6, 6.07) is 2.80. The maximum atomic E-state index is 12.1. The molecule has 8 nitrogen and oxygen atoms in total. The van der Waals surface area contributed by atoms with Gasteiger partial charge in [-0.3, -0.25) is 4.79 Å². The van der Waals surface area contributed by atoms with Crippen molar-refractivity contribution in [1.29, 1.82) is 0 Å². The van der Waals surface area contributed by atoms with Gasteiger partial charge in [-0.2, -0.15) is 4.68 Å². The van der Waals surface area contributed by atoms with Gasteiger partial charge in [-0.05, 0) is 23.8 Å². The molecule has 2 heterocycles. The number of hydrogen-bond donors (Lipinski definition) is 1. The third kappa shape index (κ3) is 4.54. The second-order valence-corrected chi connectivity index (χ2v) is 6.53. The SMILES string of the molecule is COC(=O)[C@@H](CC(C)C)NC(=O)Cn1nc(-c2cccs2)oc1=O. The van der Waals surface area contributed by atoms with Crippen LogP contribution >= 0.6 is 11.3 Å². The number of carbonyl (C=O) groups excluding carboxylic acids is 2. The maximum Gasteiger partial charge on any atom is 0.437 e. The number of methoxy groups -OCH3 is 1. The first kappa shape index (κ1) is 17.9. The van der Waals surface area contributed by atoms with Crippen molar-refractivity contribution in [2.75, 3.05) is 7.11 Å². The number of nitrogens with zero attached hydrogens (tertiary/aromatic N) is 2. The Hall–Kier alpha value is -2.42. The van der Waals surface area contributed by atoms with Crippen molar-refractivity contribution in [3.05, 3.63) is 28.1 Å². The number of aromatic nitrogens is 2. The van der Waals surface area contributed by atoms with E-state index in [1.54, 1.807) is 12.1 Å². The fourth-order valence-corrected chi connectivity index (χ4v) is 2.75. The Bertz CT molecular complexity index is 748. The second kappa shape index (κ2) is 7.91. The zero-order valence-electron chi connectivity index (χ0n) is 13.6. The average molecular weight is 353 g/mol. The van der Waals surface area contributed by atoms with Crippen molar-refractivity contribution in [2.24, 2.45) is 5.92 Å². The van der Waals surface area contributed by atoms with Gasteiger partial charge in [0.1, 0.15) is 12.6 Å². The summed E-state index contributed by atoms with van der Waals surface area (Å²) < 4.78 is 10.6. The summed E-state index contributed by atoms with van der Waals surface area (Å²) in [5, 5.41) is 8.39. The van der Waals surface area contributed by atoms with Crippen LogP contribution in [0, 0.1) is 5.92 Å². The van der Waals surface area contributed by atoms with Crippen molar-refractivity contribution in [3.8, 4) is 10.8 Å². The Kier molecular flexibility index (Phi) is 5.91. The number of nitrogens with one attached hydrogen (secondary N) is 1. The highest BCUT2D eigenvalue weighted by atomic mass is 32.1. The number of amides is 1. The van der Waals surface area contributed by atoms with E-state index in [-0.39, 0.29) is 18.4 Å². The minimum absolute atomic E-state index is 0.162. The van der Waals surface area contributed by atoms with Gasteiger partial charge in [0.15, 0.2) is 0 Å². The molecule has 0 saturated heterocycles. The number of ether oxygens (including phenoxy) is 1. The standard InChI is InChI=1S/C15H19N3O5S/c1-9(2)7-10(14(20)22-3)16-12(19)8-18-15(21)23-13(17-18)11-5-4-6-24-11/h4-6,9-10H,7-8H2,1-3H3,(H,16,19)/t10-/m1/s1. The van der Waals surface area contributed by atoms with Gasteiger partial charge in [0.2, 0.25) is 5.91 Å². The number of hydrogen-bond acceptors (Lipinski definition) is 7. The van der Waals surface area contributed by atoms with Crippen LogP contribution < -0.4 is 11.1 Å². The molecule has 0 aliphatic carbocycles. The van der Waals surface area contributed by atoms with Gasteiger partial charge in [0.25, 0.3) is 5.89 Å². The summed E-state index contributed by atoms with van der Waals surface area (Å²) in [5.41, 5.74) is 0. The molecule has 0 aromatic carbocycles. The first-order chi connectivity index (χ1) is 11.4. The number of rotatable bonds is 7. The maximum absolute atomic E-state index is 12.1. The van der Waals surface area contributed by atoms with Gasteiger partial charge in [0, 0.05) is 0 Å². The fourth-order valence-electron chi connectivity index (χ4n) is 2.11. The Labute approximate surface area is 142 Å². The van der Waals surface area contributed by atoms with Gasteiger partial charge in [-0.15, -0.1) is 16.4 Å². The van der Waals surface area contributed by atoms with E-state index in [9.17, 15) is 14.4 Å². The summed E-state index contributed by atoms with van der Waals surface area (Å²) in [5.74, 6) is -1.42. The highest BCUT2D eigenvalue weighted by molar-refractivity contribution is 7.13. The van der Waals surface area contributed by atoms with Crippen LogP contribution in [0.3, 0.4) is 0 Å². The molecular weight excluding hydrogens is 334 g/mol. The minimum atomic E-state index is -0.762. The Morgan fingerprint density at radius 1 is 1.46 bits per heavy atom. The lowest BCUT2D eigenvalue weighted by Crippen LogP contribution is -2.44. The van der Waals surface area contributed by atoms with Crippen molar-refractivity contribution in [1.82, 2.24) is 15.1 Å². The number of esters is 1. The van der Waals surface area contributed by atoms with E-state index in [0.717, 1.165) is 4.68 Å². The monoisotopic (exact) mass is 353 g/mol. The largest absolute Gasteiger partial charge is 0.467 e.